The van der Waals surface area contributed by atoms with E-state index in [9.17, 15) is 0 Å². The number of rotatable bonds is 7. The van der Waals surface area contributed by atoms with Crippen LogP contribution in [0.15, 0.2) is 24.3 Å². The molecule has 0 atom stereocenters. The fourth-order valence-corrected chi connectivity index (χ4v) is 1.68. The van der Waals surface area contributed by atoms with Gasteiger partial charge in [0.15, 0.2) is 0 Å². The van der Waals surface area contributed by atoms with Crippen LogP contribution in [0.4, 0.5) is 0 Å². The van der Waals surface area contributed by atoms with Gasteiger partial charge in [0.2, 0.25) is 0 Å². The molecule has 16 heavy (non-hydrogen) atoms. The normalized spacial score (nSPS) is 10.2. The lowest BCUT2D eigenvalue weighted by Gasteiger charge is -2.10. The van der Waals surface area contributed by atoms with Gasteiger partial charge in [0.1, 0.15) is 5.75 Å². The van der Waals surface area contributed by atoms with Gasteiger partial charge in [-0.15, -0.1) is 0 Å². The molecule has 4 heteroatoms. The maximum Gasteiger partial charge on any atom is 0.707 e. The first-order valence-electron chi connectivity index (χ1n) is 5.84. The Morgan fingerprint density at radius 3 is 2.56 bits per heavy atom. The largest absolute Gasteiger partial charge is 0.707 e. The number of hydrogen-bond donors (Lipinski definition) is 2. The Balaban J connectivity index is 2.50. The molecule has 3 nitrogen and oxygen atoms in total. The zero-order chi connectivity index (χ0) is 11.8. The molecular weight excluding hydrogens is 203 g/mol. The number of aryl methyl sites for hydroxylation is 1. The van der Waals surface area contributed by atoms with Crippen LogP contribution in [0.1, 0.15) is 38.2 Å². The van der Waals surface area contributed by atoms with E-state index in [1.54, 1.807) is 6.07 Å². The second-order valence-electron chi connectivity index (χ2n) is 3.86. The van der Waals surface area contributed by atoms with Crippen molar-refractivity contribution in [1.29, 1.82) is 0 Å². The maximum atomic E-state index is 8.77. The summed E-state index contributed by atoms with van der Waals surface area (Å²) in [5, 5.41) is 17.5. The van der Waals surface area contributed by atoms with E-state index in [0.29, 0.717) is 5.75 Å². The first kappa shape index (κ1) is 13.1. The van der Waals surface area contributed by atoms with E-state index < -0.39 is 7.32 Å². The lowest BCUT2D eigenvalue weighted by Crippen LogP contribution is -2.21. The van der Waals surface area contributed by atoms with Crippen molar-refractivity contribution in [2.24, 2.45) is 0 Å². The molecule has 0 heterocycles. The Morgan fingerprint density at radius 1 is 1.12 bits per heavy atom. The molecule has 0 aliphatic rings. The molecule has 0 spiro atoms. The standard InChI is InChI=1S/C12H19BO3/c1-2-3-4-5-8-11-9-6-7-10-12(11)16-13(14)15/h6-7,9-10,14-15H,2-5,8H2,1H3. The minimum atomic E-state index is -1.74. The van der Waals surface area contributed by atoms with Crippen LogP contribution >= 0.6 is 0 Å². The van der Waals surface area contributed by atoms with Crippen molar-refractivity contribution < 1.29 is 14.7 Å². The van der Waals surface area contributed by atoms with E-state index in [1.165, 1.54) is 19.3 Å². The lowest BCUT2D eigenvalue weighted by molar-refractivity contribution is 0.287. The predicted octanol–water partition coefficient (Wildman–Crippen LogP) is 2.16. The highest BCUT2D eigenvalue weighted by Gasteiger charge is 2.13. The second kappa shape index (κ2) is 7.31. The molecule has 0 aliphatic carbocycles. The quantitative estimate of drug-likeness (QED) is 0.549. The Hall–Kier alpha value is -0.995. The summed E-state index contributed by atoms with van der Waals surface area (Å²) in [6.07, 6.45) is 5.68. The van der Waals surface area contributed by atoms with Gasteiger partial charge in [-0.05, 0) is 24.5 Å². The summed E-state index contributed by atoms with van der Waals surface area (Å²) < 4.78 is 4.91. The number of hydrogen-bond acceptors (Lipinski definition) is 3. The van der Waals surface area contributed by atoms with Crippen LogP contribution in [0.2, 0.25) is 0 Å². The van der Waals surface area contributed by atoms with E-state index in [-0.39, 0.29) is 0 Å². The highest BCUT2D eigenvalue weighted by atomic mass is 16.6. The summed E-state index contributed by atoms with van der Waals surface area (Å²) in [5.74, 6) is 0.564. The zero-order valence-electron chi connectivity index (χ0n) is 9.72. The van der Waals surface area contributed by atoms with Gasteiger partial charge in [-0.2, -0.15) is 0 Å². The predicted molar refractivity (Wildman–Crippen MR) is 65.1 cm³/mol. The van der Waals surface area contributed by atoms with Gasteiger partial charge in [-0.3, -0.25) is 0 Å². The Morgan fingerprint density at radius 2 is 1.88 bits per heavy atom. The van der Waals surface area contributed by atoms with Gasteiger partial charge in [-0.1, -0.05) is 44.4 Å². The molecule has 0 aliphatic heterocycles. The average Bonchev–Trinajstić information content (AvgIpc) is 2.26. The summed E-state index contributed by atoms with van der Waals surface area (Å²) >= 11 is 0. The molecule has 0 saturated heterocycles. The number of unbranched alkanes of at least 4 members (excludes halogenated alkanes) is 3. The molecular formula is C12H19BO3. The monoisotopic (exact) mass is 222 g/mol. The number of para-hydroxylation sites is 1. The van der Waals surface area contributed by atoms with Gasteiger partial charge in [0, 0.05) is 0 Å². The van der Waals surface area contributed by atoms with Crippen LogP contribution < -0.4 is 4.65 Å². The fraction of sp³-hybridized carbons (Fsp3) is 0.500. The summed E-state index contributed by atoms with van der Waals surface area (Å²) in [6, 6.07) is 7.48. The van der Waals surface area contributed by atoms with Crippen LogP contribution in [-0.4, -0.2) is 17.4 Å². The van der Waals surface area contributed by atoms with Crippen molar-refractivity contribution in [2.45, 2.75) is 39.0 Å². The van der Waals surface area contributed by atoms with Crippen molar-refractivity contribution in [3.05, 3.63) is 29.8 Å². The molecule has 1 aromatic carbocycles. The van der Waals surface area contributed by atoms with Crippen LogP contribution in [0.25, 0.3) is 0 Å². The third kappa shape index (κ3) is 4.68. The van der Waals surface area contributed by atoms with E-state index in [0.717, 1.165) is 18.4 Å². The molecule has 0 bridgehead atoms. The second-order valence-corrected chi connectivity index (χ2v) is 3.86. The van der Waals surface area contributed by atoms with Crippen LogP contribution in [0, 0.1) is 0 Å². The minimum absolute atomic E-state index is 0.564. The highest BCUT2D eigenvalue weighted by molar-refractivity contribution is 6.33. The van der Waals surface area contributed by atoms with Gasteiger partial charge in [0.25, 0.3) is 0 Å². The summed E-state index contributed by atoms with van der Waals surface area (Å²) in [4.78, 5) is 0. The molecule has 2 N–H and O–H groups in total. The Labute approximate surface area is 97.3 Å². The van der Waals surface area contributed by atoms with Gasteiger partial charge in [0.05, 0.1) is 0 Å². The molecule has 0 unspecified atom stereocenters. The van der Waals surface area contributed by atoms with E-state index in [2.05, 4.69) is 6.92 Å². The molecule has 0 aromatic heterocycles. The summed E-state index contributed by atoms with van der Waals surface area (Å²) in [5.41, 5.74) is 1.03. The molecule has 88 valence electrons. The Bertz CT molecular complexity index is 302. The smallest absolute Gasteiger partial charge is 0.512 e. The minimum Gasteiger partial charge on any atom is -0.512 e. The SMILES string of the molecule is CCCCCCc1ccccc1OB(O)O. The molecule has 1 aromatic rings. The molecule has 0 fully saturated rings. The van der Waals surface area contributed by atoms with Crippen molar-refractivity contribution in [1.82, 2.24) is 0 Å². The lowest BCUT2D eigenvalue weighted by atomic mass is 10.0. The molecule has 0 saturated carbocycles. The van der Waals surface area contributed by atoms with E-state index >= 15 is 0 Å². The molecule has 0 amide bonds. The summed E-state index contributed by atoms with van der Waals surface area (Å²) in [7, 11) is -1.74. The van der Waals surface area contributed by atoms with Crippen LogP contribution in [0.3, 0.4) is 0 Å². The van der Waals surface area contributed by atoms with Crippen molar-refractivity contribution in [3.8, 4) is 5.75 Å². The Kier molecular flexibility index (Phi) is 5.97. The highest BCUT2D eigenvalue weighted by Crippen LogP contribution is 2.20. The zero-order valence-corrected chi connectivity index (χ0v) is 9.72. The number of benzene rings is 1. The molecule has 1 rings (SSSR count). The van der Waals surface area contributed by atoms with Crippen LogP contribution in [0.5, 0.6) is 5.75 Å². The first-order chi connectivity index (χ1) is 7.74. The van der Waals surface area contributed by atoms with Gasteiger partial charge < -0.3 is 14.7 Å². The fourth-order valence-electron chi connectivity index (χ4n) is 1.68. The molecule has 0 radical (unpaired) electrons. The average molecular weight is 222 g/mol. The van der Waals surface area contributed by atoms with Crippen molar-refractivity contribution >= 4 is 7.32 Å². The van der Waals surface area contributed by atoms with Crippen molar-refractivity contribution in [3.63, 3.8) is 0 Å². The van der Waals surface area contributed by atoms with Gasteiger partial charge in [-0.25, -0.2) is 0 Å². The maximum absolute atomic E-state index is 8.77. The topological polar surface area (TPSA) is 49.7 Å². The van der Waals surface area contributed by atoms with Crippen LogP contribution in [-0.2, 0) is 6.42 Å². The third-order valence-electron chi connectivity index (χ3n) is 2.50. The van der Waals surface area contributed by atoms with E-state index in [1.807, 2.05) is 18.2 Å². The summed E-state index contributed by atoms with van der Waals surface area (Å²) in [6.45, 7) is 2.18. The first-order valence-corrected chi connectivity index (χ1v) is 5.84. The van der Waals surface area contributed by atoms with Crippen molar-refractivity contribution in [2.75, 3.05) is 0 Å². The third-order valence-corrected chi connectivity index (χ3v) is 2.50. The van der Waals surface area contributed by atoms with E-state index in [4.69, 9.17) is 14.7 Å². The van der Waals surface area contributed by atoms with Gasteiger partial charge >= 0.3 is 7.32 Å².